The van der Waals surface area contributed by atoms with Crippen molar-refractivity contribution >= 4 is 10.9 Å². The first-order valence-corrected chi connectivity index (χ1v) is 5.91. The van der Waals surface area contributed by atoms with Gasteiger partial charge in [0, 0.05) is 0 Å². The van der Waals surface area contributed by atoms with Gasteiger partial charge in [0.1, 0.15) is 16.7 Å². The normalized spacial score (nSPS) is 11.0. The zero-order valence-corrected chi connectivity index (χ0v) is 10.6. The summed E-state index contributed by atoms with van der Waals surface area (Å²) in [6, 6.07) is 7.64. The van der Waals surface area contributed by atoms with E-state index in [0.717, 1.165) is 0 Å². The van der Waals surface area contributed by atoms with Gasteiger partial charge in [-0.1, -0.05) is 18.2 Å². The molecule has 0 unspecified atom stereocenters. The topological polar surface area (TPSA) is 35.0 Å². The Bertz CT molecular complexity index is 870. The molecule has 1 aromatic heterocycles. The molecular formula is C14H5F5N2O. The summed E-state index contributed by atoms with van der Waals surface area (Å²) in [6.45, 7) is 0. The lowest BCUT2D eigenvalue weighted by Gasteiger charge is -2.09. The van der Waals surface area contributed by atoms with Gasteiger partial charge in [0.05, 0.1) is 0 Å². The summed E-state index contributed by atoms with van der Waals surface area (Å²) < 4.78 is 72.5. The van der Waals surface area contributed by atoms with Gasteiger partial charge >= 0.3 is 6.08 Å². The Labute approximate surface area is 120 Å². The van der Waals surface area contributed by atoms with Gasteiger partial charge in [-0.2, -0.15) is 14.4 Å². The standard InChI is InChI=1S/C14H5F5N2O/c15-8-7-12(11(18)10(17)9(8)16)20-14(19)21-13(7)22-6-4-2-1-3-5-6/h1-5H. The van der Waals surface area contributed by atoms with E-state index < -0.39 is 46.1 Å². The number of para-hydroxylation sites is 1. The quantitative estimate of drug-likeness (QED) is 0.309. The minimum atomic E-state index is -2.09. The third kappa shape index (κ3) is 2.22. The van der Waals surface area contributed by atoms with Crippen molar-refractivity contribution in [2.45, 2.75) is 0 Å². The van der Waals surface area contributed by atoms with Gasteiger partial charge in [0.25, 0.3) is 0 Å². The van der Waals surface area contributed by atoms with E-state index >= 15 is 0 Å². The number of hydrogen-bond donors (Lipinski definition) is 0. The predicted molar refractivity (Wildman–Crippen MR) is 65.8 cm³/mol. The molecule has 0 fully saturated rings. The van der Waals surface area contributed by atoms with E-state index in [1.165, 1.54) is 12.1 Å². The van der Waals surface area contributed by atoms with Crippen LogP contribution in [0.15, 0.2) is 30.3 Å². The molecular weight excluding hydrogens is 307 g/mol. The summed E-state index contributed by atoms with van der Waals surface area (Å²) in [5.74, 6) is -8.38. The second-order valence-corrected chi connectivity index (χ2v) is 4.19. The minimum absolute atomic E-state index is 0.117. The second-order valence-electron chi connectivity index (χ2n) is 4.19. The first-order valence-electron chi connectivity index (χ1n) is 5.91. The lowest BCUT2D eigenvalue weighted by atomic mass is 10.2. The number of fused-ring (bicyclic) bond motifs is 1. The molecule has 0 saturated heterocycles. The van der Waals surface area contributed by atoms with E-state index in [1.807, 2.05) is 0 Å². The van der Waals surface area contributed by atoms with Crippen LogP contribution in [0.2, 0.25) is 0 Å². The Hall–Kier alpha value is -2.77. The monoisotopic (exact) mass is 312 g/mol. The summed E-state index contributed by atoms with van der Waals surface area (Å²) in [5, 5.41) is -0.887. The average molecular weight is 312 g/mol. The van der Waals surface area contributed by atoms with Crippen molar-refractivity contribution in [1.82, 2.24) is 9.97 Å². The van der Waals surface area contributed by atoms with Gasteiger partial charge in [-0.15, -0.1) is 0 Å². The maximum atomic E-state index is 13.9. The van der Waals surface area contributed by atoms with Crippen LogP contribution >= 0.6 is 0 Å². The van der Waals surface area contributed by atoms with E-state index in [9.17, 15) is 22.0 Å². The zero-order chi connectivity index (χ0) is 15.9. The Morgan fingerprint density at radius 2 is 1.36 bits per heavy atom. The lowest BCUT2D eigenvalue weighted by Crippen LogP contribution is -2.04. The fourth-order valence-corrected chi connectivity index (χ4v) is 1.85. The molecule has 0 aliphatic heterocycles. The van der Waals surface area contributed by atoms with Gasteiger partial charge in [0.2, 0.25) is 5.88 Å². The molecule has 0 saturated carbocycles. The van der Waals surface area contributed by atoms with E-state index in [1.54, 1.807) is 18.2 Å². The molecule has 0 amide bonds. The van der Waals surface area contributed by atoms with Crippen LogP contribution < -0.4 is 4.74 Å². The van der Waals surface area contributed by atoms with E-state index in [4.69, 9.17) is 4.74 Å². The Morgan fingerprint density at radius 3 is 2.05 bits per heavy atom. The fourth-order valence-electron chi connectivity index (χ4n) is 1.85. The second kappa shape index (κ2) is 5.21. The SMILES string of the molecule is Fc1nc(Oc2ccccc2)c2c(F)c(F)c(F)c(F)c2n1. The predicted octanol–water partition coefficient (Wildman–Crippen LogP) is 4.12. The van der Waals surface area contributed by atoms with Crippen molar-refractivity contribution in [1.29, 1.82) is 0 Å². The highest BCUT2D eigenvalue weighted by Gasteiger charge is 2.26. The van der Waals surface area contributed by atoms with Gasteiger partial charge < -0.3 is 4.74 Å². The molecule has 0 atom stereocenters. The molecule has 3 aromatic rings. The average Bonchev–Trinajstić information content (AvgIpc) is 2.51. The number of halogens is 5. The first-order chi connectivity index (χ1) is 10.5. The highest BCUT2D eigenvalue weighted by Crippen LogP contribution is 2.33. The van der Waals surface area contributed by atoms with Crippen molar-refractivity contribution in [3.63, 3.8) is 0 Å². The molecule has 0 aliphatic rings. The van der Waals surface area contributed by atoms with Crippen molar-refractivity contribution in [3.8, 4) is 11.6 Å². The number of nitrogens with zero attached hydrogens (tertiary/aromatic N) is 2. The maximum absolute atomic E-state index is 13.9. The van der Waals surface area contributed by atoms with Crippen LogP contribution in [-0.4, -0.2) is 9.97 Å². The van der Waals surface area contributed by atoms with Gasteiger partial charge in [-0.3, -0.25) is 0 Å². The third-order valence-corrected chi connectivity index (χ3v) is 2.81. The van der Waals surface area contributed by atoms with Gasteiger partial charge in [-0.05, 0) is 12.1 Å². The summed E-state index contributed by atoms with van der Waals surface area (Å²) in [6.07, 6.45) is -1.47. The number of hydrogen-bond acceptors (Lipinski definition) is 3. The van der Waals surface area contributed by atoms with Crippen LogP contribution in [0.4, 0.5) is 22.0 Å². The van der Waals surface area contributed by atoms with Crippen LogP contribution in [0.3, 0.4) is 0 Å². The zero-order valence-electron chi connectivity index (χ0n) is 10.6. The molecule has 2 aromatic carbocycles. The lowest BCUT2D eigenvalue weighted by molar-refractivity contribution is 0.406. The first kappa shape index (κ1) is 14.2. The number of ether oxygens (including phenoxy) is 1. The fraction of sp³-hybridized carbons (Fsp3) is 0. The van der Waals surface area contributed by atoms with Crippen molar-refractivity contribution < 1.29 is 26.7 Å². The molecule has 1 heterocycles. The van der Waals surface area contributed by atoms with Crippen molar-refractivity contribution in [3.05, 3.63) is 59.7 Å². The van der Waals surface area contributed by atoms with E-state index in [-0.39, 0.29) is 5.75 Å². The summed E-state index contributed by atoms with van der Waals surface area (Å²) in [4.78, 5) is 6.13. The Kier molecular flexibility index (Phi) is 3.36. The van der Waals surface area contributed by atoms with Gasteiger partial charge in [0.15, 0.2) is 23.3 Å². The van der Waals surface area contributed by atoms with Crippen LogP contribution in [0.1, 0.15) is 0 Å². The maximum Gasteiger partial charge on any atom is 0.312 e. The minimum Gasteiger partial charge on any atom is -0.438 e. The smallest absolute Gasteiger partial charge is 0.312 e. The summed E-state index contributed by atoms with van der Waals surface area (Å²) in [5.41, 5.74) is -1.05. The number of benzene rings is 2. The van der Waals surface area contributed by atoms with E-state index in [2.05, 4.69) is 9.97 Å². The Balaban J connectivity index is 2.30. The summed E-state index contributed by atoms with van der Waals surface area (Å²) >= 11 is 0. The van der Waals surface area contributed by atoms with Gasteiger partial charge in [-0.25, -0.2) is 17.6 Å². The summed E-state index contributed by atoms with van der Waals surface area (Å²) in [7, 11) is 0. The molecule has 22 heavy (non-hydrogen) atoms. The highest BCUT2D eigenvalue weighted by atomic mass is 19.2. The molecule has 112 valence electrons. The molecule has 8 heteroatoms. The molecule has 3 nitrogen and oxygen atoms in total. The molecule has 0 spiro atoms. The highest BCUT2D eigenvalue weighted by molar-refractivity contribution is 5.85. The third-order valence-electron chi connectivity index (χ3n) is 2.81. The van der Waals surface area contributed by atoms with Crippen LogP contribution in [0.5, 0.6) is 11.6 Å². The van der Waals surface area contributed by atoms with Crippen LogP contribution in [0.25, 0.3) is 10.9 Å². The van der Waals surface area contributed by atoms with Crippen molar-refractivity contribution in [2.75, 3.05) is 0 Å². The Morgan fingerprint density at radius 1 is 0.727 bits per heavy atom. The number of aromatic nitrogens is 2. The molecule has 3 rings (SSSR count). The van der Waals surface area contributed by atoms with Crippen LogP contribution in [0, 0.1) is 29.3 Å². The van der Waals surface area contributed by atoms with E-state index in [0.29, 0.717) is 0 Å². The molecule has 0 radical (unpaired) electrons. The molecule has 0 bridgehead atoms. The van der Waals surface area contributed by atoms with Crippen molar-refractivity contribution in [2.24, 2.45) is 0 Å². The largest absolute Gasteiger partial charge is 0.438 e. The number of rotatable bonds is 2. The van der Waals surface area contributed by atoms with Crippen LogP contribution in [-0.2, 0) is 0 Å². The molecule has 0 aliphatic carbocycles. The molecule has 0 N–H and O–H groups in total.